The van der Waals surface area contributed by atoms with Gasteiger partial charge in [-0.3, -0.25) is 0 Å². The van der Waals surface area contributed by atoms with Crippen molar-refractivity contribution in [1.29, 1.82) is 0 Å². The lowest BCUT2D eigenvalue weighted by molar-refractivity contribution is 1.33. The number of fused-ring (bicyclic) bond motifs is 1. The highest BCUT2D eigenvalue weighted by Gasteiger charge is 2.11. The Morgan fingerprint density at radius 1 is 0.773 bits per heavy atom. The number of hydrogen-bond donors (Lipinski definition) is 1. The molecule has 1 heterocycles. The number of benzene rings is 3. The molecule has 4 aromatic rings. The Morgan fingerprint density at radius 2 is 1.55 bits per heavy atom. The summed E-state index contributed by atoms with van der Waals surface area (Å²) in [4.78, 5) is 8.14. The molecule has 0 spiro atoms. The summed E-state index contributed by atoms with van der Waals surface area (Å²) < 4.78 is 1.06. The Kier molecular flexibility index (Phi) is 3.28. The molecular formula is C19H13BrN2. The zero-order valence-electron chi connectivity index (χ0n) is 11.8. The van der Waals surface area contributed by atoms with Crippen LogP contribution in [0.4, 0.5) is 0 Å². The molecule has 3 heteroatoms. The molecular weight excluding hydrogens is 336 g/mol. The van der Waals surface area contributed by atoms with Crippen LogP contribution in [0.5, 0.6) is 0 Å². The van der Waals surface area contributed by atoms with Crippen LogP contribution in [0.2, 0.25) is 0 Å². The third-order valence-corrected chi connectivity index (χ3v) is 4.20. The lowest BCUT2D eigenvalue weighted by Crippen LogP contribution is -1.87. The molecule has 0 aliphatic carbocycles. The normalized spacial score (nSPS) is 11.0. The smallest absolute Gasteiger partial charge is 0.139 e. The summed E-state index contributed by atoms with van der Waals surface area (Å²) in [6.07, 6.45) is 0. The number of nitrogens with zero attached hydrogens (tertiary/aromatic N) is 1. The second kappa shape index (κ2) is 5.43. The third kappa shape index (κ3) is 2.34. The van der Waals surface area contributed by atoms with Gasteiger partial charge in [-0.15, -0.1) is 0 Å². The fraction of sp³-hybridized carbons (Fsp3) is 0. The van der Waals surface area contributed by atoms with E-state index in [-0.39, 0.29) is 0 Å². The standard InChI is InChI=1S/C19H13BrN2/c20-14-10-11-15(16(12-14)13-6-2-1-3-7-13)19-21-17-8-4-5-9-18(17)22-19/h1-12H,(H,21,22). The van der Waals surface area contributed by atoms with Crippen LogP contribution in [0.3, 0.4) is 0 Å². The van der Waals surface area contributed by atoms with Crippen LogP contribution in [-0.4, -0.2) is 9.97 Å². The van der Waals surface area contributed by atoms with Gasteiger partial charge in [0, 0.05) is 10.0 Å². The van der Waals surface area contributed by atoms with Crippen molar-refractivity contribution in [3.8, 4) is 22.5 Å². The molecule has 4 rings (SSSR count). The number of aromatic amines is 1. The van der Waals surface area contributed by atoms with Crippen molar-refractivity contribution in [3.63, 3.8) is 0 Å². The average Bonchev–Trinajstić information content (AvgIpc) is 2.99. The van der Waals surface area contributed by atoms with Gasteiger partial charge in [0.25, 0.3) is 0 Å². The summed E-state index contributed by atoms with van der Waals surface area (Å²) in [6, 6.07) is 24.8. The van der Waals surface area contributed by atoms with E-state index in [0.717, 1.165) is 32.5 Å². The SMILES string of the molecule is Brc1ccc(-c2nc3ccccc3[nH]2)c(-c2ccccc2)c1. The van der Waals surface area contributed by atoms with Gasteiger partial charge >= 0.3 is 0 Å². The van der Waals surface area contributed by atoms with E-state index in [4.69, 9.17) is 4.98 Å². The number of nitrogens with one attached hydrogen (secondary N) is 1. The van der Waals surface area contributed by atoms with E-state index in [1.165, 1.54) is 5.56 Å². The van der Waals surface area contributed by atoms with Crippen molar-refractivity contribution >= 4 is 27.0 Å². The number of para-hydroxylation sites is 2. The molecule has 0 unspecified atom stereocenters. The molecule has 0 fully saturated rings. The Morgan fingerprint density at radius 3 is 2.36 bits per heavy atom. The van der Waals surface area contributed by atoms with Crippen molar-refractivity contribution in [2.45, 2.75) is 0 Å². The molecule has 1 N–H and O–H groups in total. The number of imidazole rings is 1. The van der Waals surface area contributed by atoms with Gasteiger partial charge in [-0.25, -0.2) is 4.98 Å². The van der Waals surface area contributed by atoms with Crippen LogP contribution < -0.4 is 0 Å². The minimum Gasteiger partial charge on any atom is -0.338 e. The van der Waals surface area contributed by atoms with Gasteiger partial charge < -0.3 is 4.98 Å². The lowest BCUT2D eigenvalue weighted by Gasteiger charge is -2.08. The van der Waals surface area contributed by atoms with Gasteiger partial charge in [-0.1, -0.05) is 58.4 Å². The molecule has 1 aromatic heterocycles. The molecule has 0 saturated heterocycles. The zero-order chi connectivity index (χ0) is 14.9. The predicted molar refractivity (Wildman–Crippen MR) is 94.7 cm³/mol. The zero-order valence-corrected chi connectivity index (χ0v) is 13.3. The predicted octanol–water partition coefficient (Wildman–Crippen LogP) is 5.66. The quantitative estimate of drug-likeness (QED) is 0.497. The fourth-order valence-corrected chi connectivity index (χ4v) is 3.02. The van der Waals surface area contributed by atoms with Gasteiger partial charge in [0.05, 0.1) is 11.0 Å². The summed E-state index contributed by atoms with van der Waals surface area (Å²) in [6.45, 7) is 0. The Bertz CT molecular complexity index is 909. The number of H-pyrrole nitrogens is 1. The maximum Gasteiger partial charge on any atom is 0.139 e. The molecule has 22 heavy (non-hydrogen) atoms. The molecule has 0 saturated carbocycles. The highest BCUT2D eigenvalue weighted by Crippen LogP contribution is 2.33. The van der Waals surface area contributed by atoms with Gasteiger partial charge in [0.1, 0.15) is 5.82 Å². The molecule has 0 amide bonds. The van der Waals surface area contributed by atoms with Crippen LogP contribution in [0.25, 0.3) is 33.5 Å². The lowest BCUT2D eigenvalue weighted by atomic mass is 9.99. The third-order valence-electron chi connectivity index (χ3n) is 3.71. The monoisotopic (exact) mass is 348 g/mol. The van der Waals surface area contributed by atoms with Gasteiger partial charge in [-0.2, -0.15) is 0 Å². The summed E-state index contributed by atoms with van der Waals surface area (Å²) in [5, 5.41) is 0. The summed E-state index contributed by atoms with van der Waals surface area (Å²) in [7, 11) is 0. The van der Waals surface area contributed by atoms with Crippen LogP contribution >= 0.6 is 15.9 Å². The van der Waals surface area contributed by atoms with E-state index >= 15 is 0 Å². The van der Waals surface area contributed by atoms with Crippen LogP contribution in [-0.2, 0) is 0 Å². The van der Waals surface area contributed by atoms with Gasteiger partial charge in [-0.05, 0) is 41.5 Å². The molecule has 0 aliphatic heterocycles. The van der Waals surface area contributed by atoms with E-state index < -0.39 is 0 Å². The van der Waals surface area contributed by atoms with Crippen LogP contribution in [0.15, 0.2) is 77.3 Å². The molecule has 0 radical (unpaired) electrons. The first-order valence-electron chi connectivity index (χ1n) is 7.11. The number of aromatic nitrogens is 2. The van der Waals surface area contributed by atoms with Crippen molar-refractivity contribution in [2.24, 2.45) is 0 Å². The highest BCUT2D eigenvalue weighted by molar-refractivity contribution is 9.10. The van der Waals surface area contributed by atoms with E-state index in [9.17, 15) is 0 Å². The number of halogens is 1. The Balaban J connectivity index is 1.95. The van der Waals surface area contributed by atoms with E-state index in [2.05, 4.69) is 63.4 Å². The van der Waals surface area contributed by atoms with E-state index in [1.54, 1.807) is 0 Å². The largest absolute Gasteiger partial charge is 0.338 e. The maximum atomic E-state index is 4.73. The topological polar surface area (TPSA) is 28.7 Å². The van der Waals surface area contributed by atoms with Crippen molar-refractivity contribution in [2.75, 3.05) is 0 Å². The molecule has 0 bridgehead atoms. The van der Waals surface area contributed by atoms with E-state index in [0.29, 0.717) is 0 Å². The summed E-state index contributed by atoms with van der Waals surface area (Å²) >= 11 is 3.57. The molecule has 0 aliphatic rings. The second-order valence-corrected chi connectivity index (χ2v) is 6.07. The summed E-state index contributed by atoms with van der Waals surface area (Å²) in [5.74, 6) is 0.896. The molecule has 106 valence electrons. The average molecular weight is 349 g/mol. The second-order valence-electron chi connectivity index (χ2n) is 5.16. The van der Waals surface area contributed by atoms with Gasteiger partial charge in [0.2, 0.25) is 0 Å². The molecule has 2 nitrogen and oxygen atoms in total. The van der Waals surface area contributed by atoms with Crippen molar-refractivity contribution in [1.82, 2.24) is 9.97 Å². The van der Waals surface area contributed by atoms with E-state index in [1.807, 2.05) is 30.3 Å². The number of rotatable bonds is 2. The summed E-state index contributed by atoms with van der Waals surface area (Å²) in [5.41, 5.74) is 5.48. The molecule has 3 aromatic carbocycles. The van der Waals surface area contributed by atoms with Crippen molar-refractivity contribution in [3.05, 3.63) is 77.3 Å². The van der Waals surface area contributed by atoms with Gasteiger partial charge in [0.15, 0.2) is 0 Å². The molecule has 0 atom stereocenters. The first kappa shape index (κ1) is 13.3. The maximum absolute atomic E-state index is 4.73. The minimum absolute atomic E-state index is 0.896. The van der Waals surface area contributed by atoms with Crippen molar-refractivity contribution < 1.29 is 0 Å². The Hall–Kier alpha value is -2.39. The number of hydrogen-bond acceptors (Lipinski definition) is 1. The van der Waals surface area contributed by atoms with Crippen LogP contribution in [0.1, 0.15) is 0 Å². The van der Waals surface area contributed by atoms with Crippen LogP contribution in [0, 0.1) is 0 Å². The fourth-order valence-electron chi connectivity index (χ4n) is 2.66. The minimum atomic E-state index is 0.896. The highest BCUT2D eigenvalue weighted by atomic mass is 79.9. The first-order chi connectivity index (χ1) is 10.8. The first-order valence-corrected chi connectivity index (χ1v) is 7.91. The Labute approximate surface area is 137 Å².